The number of aryl methyl sites for hydroxylation is 1. The standard InChI is InChI=1S/C16H14O4S/c1-10-2-4-11(5-3-10)6-12-8-21-9-13(12)14(17)7-15(18)16(19)20/h2-5,7-9,17H,6H2,1H3,(H,19,20). The summed E-state index contributed by atoms with van der Waals surface area (Å²) < 4.78 is 0. The smallest absolute Gasteiger partial charge is 0.376 e. The Labute approximate surface area is 126 Å². The molecule has 0 spiro atoms. The van der Waals surface area contributed by atoms with Crippen LogP contribution in [0.5, 0.6) is 0 Å². The zero-order valence-electron chi connectivity index (χ0n) is 11.4. The first-order valence-electron chi connectivity index (χ1n) is 6.26. The van der Waals surface area contributed by atoms with Gasteiger partial charge in [0.1, 0.15) is 5.76 Å². The van der Waals surface area contributed by atoms with Gasteiger partial charge in [0.15, 0.2) is 0 Å². The Morgan fingerprint density at radius 3 is 2.43 bits per heavy atom. The Morgan fingerprint density at radius 2 is 1.81 bits per heavy atom. The Bertz CT molecular complexity index is 695. The number of hydrogen-bond donors (Lipinski definition) is 2. The van der Waals surface area contributed by atoms with E-state index in [-0.39, 0.29) is 5.76 Å². The van der Waals surface area contributed by atoms with Crippen LogP contribution in [-0.2, 0) is 16.0 Å². The van der Waals surface area contributed by atoms with Crippen LogP contribution in [0.4, 0.5) is 0 Å². The molecule has 0 saturated heterocycles. The molecule has 0 amide bonds. The topological polar surface area (TPSA) is 74.6 Å². The number of aliphatic hydroxyl groups excluding tert-OH is 1. The van der Waals surface area contributed by atoms with E-state index in [1.807, 2.05) is 36.6 Å². The van der Waals surface area contributed by atoms with Crippen molar-refractivity contribution in [2.75, 3.05) is 0 Å². The fraction of sp³-hybridized carbons (Fsp3) is 0.125. The second kappa shape index (κ2) is 6.37. The highest BCUT2D eigenvalue weighted by Gasteiger charge is 2.14. The van der Waals surface area contributed by atoms with Gasteiger partial charge in [-0.25, -0.2) is 4.79 Å². The number of ketones is 1. The average Bonchev–Trinajstić information content (AvgIpc) is 2.89. The van der Waals surface area contributed by atoms with Crippen molar-refractivity contribution in [3.8, 4) is 0 Å². The number of carboxylic acid groups (broad SMARTS) is 1. The second-order valence-electron chi connectivity index (χ2n) is 4.67. The van der Waals surface area contributed by atoms with Crippen LogP contribution < -0.4 is 0 Å². The summed E-state index contributed by atoms with van der Waals surface area (Å²) in [7, 11) is 0. The average molecular weight is 302 g/mol. The summed E-state index contributed by atoms with van der Waals surface area (Å²) in [6.45, 7) is 2.01. The van der Waals surface area contributed by atoms with E-state index in [9.17, 15) is 14.7 Å². The molecule has 2 aromatic rings. The number of aliphatic carboxylic acids is 1. The number of hydrogen-bond acceptors (Lipinski definition) is 4. The van der Waals surface area contributed by atoms with E-state index in [1.165, 1.54) is 16.9 Å². The third kappa shape index (κ3) is 3.79. The molecule has 5 heteroatoms. The van der Waals surface area contributed by atoms with E-state index in [1.54, 1.807) is 5.38 Å². The minimum Gasteiger partial charge on any atom is -0.507 e. The van der Waals surface area contributed by atoms with Gasteiger partial charge in [-0.05, 0) is 29.9 Å². The Kier molecular flexibility index (Phi) is 4.55. The number of benzene rings is 1. The first-order valence-corrected chi connectivity index (χ1v) is 7.20. The lowest BCUT2D eigenvalue weighted by atomic mass is 10.0. The first kappa shape index (κ1) is 15.0. The molecule has 21 heavy (non-hydrogen) atoms. The molecule has 0 aliphatic carbocycles. The third-order valence-corrected chi connectivity index (χ3v) is 3.80. The summed E-state index contributed by atoms with van der Waals surface area (Å²) in [6, 6.07) is 8.01. The molecule has 0 bridgehead atoms. The molecule has 0 aliphatic heterocycles. The highest BCUT2D eigenvalue weighted by atomic mass is 32.1. The van der Waals surface area contributed by atoms with Gasteiger partial charge in [0.2, 0.25) is 0 Å². The summed E-state index contributed by atoms with van der Waals surface area (Å²) in [4.78, 5) is 21.6. The molecular formula is C16H14O4S. The van der Waals surface area contributed by atoms with E-state index in [4.69, 9.17) is 5.11 Å². The second-order valence-corrected chi connectivity index (χ2v) is 5.42. The van der Waals surface area contributed by atoms with Crippen LogP contribution >= 0.6 is 11.3 Å². The van der Waals surface area contributed by atoms with Gasteiger partial charge in [-0.15, -0.1) is 0 Å². The minimum atomic E-state index is -1.59. The fourth-order valence-corrected chi connectivity index (χ4v) is 2.73. The van der Waals surface area contributed by atoms with Crippen molar-refractivity contribution < 1.29 is 19.8 Å². The molecule has 0 unspecified atom stereocenters. The van der Waals surface area contributed by atoms with Gasteiger partial charge < -0.3 is 10.2 Å². The van der Waals surface area contributed by atoms with E-state index < -0.39 is 11.8 Å². The molecule has 108 valence electrons. The summed E-state index contributed by atoms with van der Waals surface area (Å²) in [6.07, 6.45) is 1.35. The maximum Gasteiger partial charge on any atom is 0.376 e. The summed E-state index contributed by atoms with van der Waals surface area (Å²) >= 11 is 1.39. The van der Waals surface area contributed by atoms with Crippen LogP contribution in [0.15, 0.2) is 41.1 Å². The molecule has 0 saturated carbocycles. The Morgan fingerprint density at radius 1 is 1.14 bits per heavy atom. The van der Waals surface area contributed by atoms with Crippen molar-refractivity contribution in [3.05, 3.63) is 63.4 Å². The van der Waals surface area contributed by atoms with Gasteiger partial charge in [0.25, 0.3) is 5.78 Å². The van der Waals surface area contributed by atoms with E-state index >= 15 is 0 Å². The fourth-order valence-electron chi connectivity index (χ4n) is 1.87. The van der Waals surface area contributed by atoms with Gasteiger partial charge >= 0.3 is 5.97 Å². The van der Waals surface area contributed by atoms with Gasteiger partial charge in [0.05, 0.1) is 0 Å². The lowest BCUT2D eigenvalue weighted by molar-refractivity contribution is -0.146. The normalized spacial score (nSPS) is 11.4. The first-order chi connectivity index (χ1) is 9.97. The maximum atomic E-state index is 11.1. The van der Waals surface area contributed by atoms with Crippen molar-refractivity contribution in [2.45, 2.75) is 13.3 Å². The number of aliphatic hydroxyl groups is 1. The van der Waals surface area contributed by atoms with Crippen molar-refractivity contribution in [2.24, 2.45) is 0 Å². The van der Waals surface area contributed by atoms with Gasteiger partial charge in [-0.2, -0.15) is 11.3 Å². The predicted molar refractivity (Wildman–Crippen MR) is 81.6 cm³/mol. The summed E-state index contributed by atoms with van der Waals surface area (Å²) in [5.41, 5.74) is 3.60. The van der Waals surface area contributed by atoms with Gasteiger partial charge in [-0.1, -0.05) is 29.8 Å². The lowest BCUT2D eigenvalue weighted by Crippen LogP contribution is -2.09. The molecule has 1 heterocycles. The number of thiophene rings is 1. The molecule has 1 aromatic carbocycles. The van der Waals surface area contributed by atoms with Crippen molar-refractivity contribution in [1.82, 2.24) is 0 Å². The van der Waals surface area contributed by atoms with Crippen molar-refractivity contribution >= 4 is 28.8 Å². The Balaban J connectivity index is 2.24. The van der Waals surface area contributed by atoms with Crippen LogP contribution in [0, 0.1) is 6.92 Å². The van der Waals surface area contributed by atoms with E-state index in [0.29, 0.717) is 12.0 Å². The quantitative estimate of drug-likeness (QED) is 0.505. The monoisotopic (exact) mass is 302 g/mol. The molecule has 0 fully saturated rings. The van der Waals surface area contributed by atoms with Crippen LogP contribution in [0.3, 0.4) is 0 Å². The highest BCUT2D eigenvalue weighted by molar-refractivity contribution is 7.08. The number of carboxylic acids is 1. The molecule has 2 rings (SSSR count). The van der Waals surface area contributed by atoms with E-state index in [2.05, 4.69) is 0 Å². The molecule has 0 radical (unpaired) electrons. The molecule has 4 nitrogen and oxygen atoms in total. The number of rotatable bonds is 5. The zero-order chi connectivity index (χ0) is 15.4. The Hall–Kier alpha value is -2.40. The third-order valence-electron chi connectivity index (χ3n) is 3.01. The van der Waals surface area contributed by atoms with Crippen molar-refractivity contribution in [3.63, 3.8) is 0 Å². The predicted octanol–water partition coefficient (Wildman–Crippen LogP) is 3.20. The number of carbonyl (C=O) groups excluding carboxylic acids is 1. The maximum absolute atomic E-state index is 11.1. The van der Waals surface area contributed by atoms with Crippen LogP contribution in [0.25, 0.3) is 5.76 Å². The van der Waals surface area contributed by atoms with Crippen LogP contribution in [0.2, 0.25) is 0 Å². The van der Waals surface area contributed by atoms with E-state index in [0.717, 1.165) is 17.2 Å². The molecule has 0 aliphatic rings. The van der Waals surface area contributed by atoms with Gasteiger partial charge in [0, 0.05) is 17.0 Å². The molecule has 1 aromatic heterocycles. The summed E-state index contributed by atoms with van der Waals surface area (Å²) in [5, 5.41) is 22.0. The molecule has 0 atom stereocenters. The number of carbonyl (C=O) groups is 2. The van der Waals surface area contributed by atoms with Crippen LogP contribution in [-0.4, -0.2) is 22.0 Å². The minimum absolute atomic E-state index is 0.314. The summed E-state index contributed by atoms with van der Waals surface area (Å²) in [5.74, 6) is -3.04. The molecular weight excluding hydrogens is 288 g/mol. The van der Waals surface area contributed by atoms with Crippen LogP contribution in [0.1, 0.15) is 22.3 Å². The van der Waals surface area contributed by atoms with Gasteiger partial charge in [-0.3, -0.25) is 4.79 Å². The zero-order valence-corrected chi connectivity index (χ0v) is 12.2. The van der Waals surface area contributed by atoms with Crippen molar-refractivity contribution in [1.29, 1.82) is 0 Å². The SMILES string of the molecule is Cc1ccc(Cc2cscc2C(O)=CC(=O)C(=O)O)cc1. The largest absolute Gasteiger partial charge is 0.507 e. The molecule has 2 N–H and O–H groups in total. The highest BCUT2D eigenvalue weighted by Crippen LogP contribution is 2.24. The lowest BCUT2D eigenvalue weighted by Gasteiger charge is -2.04.